The lowest BCUT2D eigenvalue weighted by molar-refractivity contribution is -0.134. The van der Waals surface area contributed by atoms with Crippen LogP contribution in [-0.2, 0) is 10.2 Å². The number of benzene rings is 3. The summed E-state index contributed by atoms with van der Waals surface area (Å²) >= 11 is 0. The van der Waals surface area contributed by atoms with Gasteiger partial charge in [-0.25, -0.2) is 9.97 Å². The van der Waals surface area contributed by atoms with E-state index in [1.165, 1.54) is 0 Å². The van der Waals surface area contributed by atoms with Crippen LogP contribution < -0.4 is 10.2 Å². The maximum absolute atomic E-state index is 13.7. The van der Waals surface area contributed by atoms with Gasteiger partial charge in [-0.15, -0.1) is 0 Å². The number of rotatable bonds is 9. The molecule has 0 saturated heterocycles. The van der Waals surface area contributed by atoms with Crippen LogP contribution in [0.3, 0.4) is 0 Å². The summed E-state index contributed by atoms with van der Waals surface area (Å²) in [7, 11) is 4.06. The van der Waals surface area contributed by atoms with Gasteiger partial charge in [0, 0.05) is 50.4 Å². The van der Waals surface area contributed by atoms with Crippen LogP contribution in [0.2, 0.25) is 0 Å². The quantitative estimate of drug-likeness (QED) is 0.329. The summed E-state index contributed by atoms with van der Waals surface area (Å²) in [5.74, 6) is 1.92. The minimum absolute atomic E-state index is 0.194. The highest BCUT2D eigenvalue weighted by atomic mass is 16.2. The van der Waals surface area contributed by atoms with Crippen LogP contribution in [0.1, 0.15) is 25.8 Å². The summed E-state index contributed by atoms with van der Waals surface area (Å²) < 4.78 is 0. The van der Waals surface area contributed by atoms with Gasteiger partial charge < -0.3 is 15.1 Å². The summed E-state index contributed by atoms with van der Waals surface area (Å²) in [6, 6.07) is 26.6. The van der Waals surface area contributed by atoms with E-state index >= 15 is 0 Å². The van der Waals surface area contributed by atoms with Gasteiger partial charge in [0.25, 0.3) is 0 Å². The molecule has 37 heavy (non-hydrogen) atoms. The van der Waals surface area contributed by atoms with E-state index in [2.05, 4.69) is 66.5 Å². The second-order valence-corrected chi connectivity index (χ2v) is 9.95. The van der Waals surface area contributed by atoms with Gasteiger partial charge in [-0.3, -0.25) is 4.79 Å². The SMILES string of the molecule is CCN(CC)C(=O)[C@]1(c2ccccc2)C[C@@H]1CNc1nc(-c2ccc(N(C)C)cc2)nc2ccccc12. The average Bonchev–Trinajstić information content (AvgIpc) is 3.68. The fourth-order valence-electron chi connectivity index (χ4n) is 5.31. The van der Waals surface area contributed by atoms with Gasteiger partial charge in [-0.1, -0.05) is 42.5 Å². The number of para-hydroxylation sites is 1. The molecular formula is C31H35N5O. The van der Waals surface area contributed by atoms with Crippen molar-refractivity contribution in [3.63, 3.8) is 0 Å². The number of aromatic nitrogens is 2. The molecular weight excluding hydrogens is 458 g/mol. The normalized spacial score (nSPS) is 18.4. The minimum Gasteiger partial charge on any atom is -0.378 e. The second-order valence-electron chi connectivity index (χ2n) is 9.95. The Labute approximate surface area is 219 Å². The van der Waals surface area contributed by atoms with Crippen LogP contribution in [-0.4, -0.2) is 54.5 Å². The van der Waals surface area contributed by atoms with Crippen molar-refractivity contribution in [2.75, 3.05) is 43.9 Å². The van der Waals surface area contributed by atoms with E-state index in [0.717, 1.165) is 53.0 Å². The molecule has 0 radical (unpaired) electrons. The molecule has 6 heteroatoms. The first kappa shape index (κ1) is 24.8. The Hall–Kier alpha value is -3.93. The van der Waals surface area contributed by atoms with Crippen molar-refractivity contribution in [3.8, 4) is 11.4 Å². The number of nitrogens with one attached hydrogen (secondary N) is 1. The lowest BCUT2D eigenvalue weighted by Crippen LogP contribution is -2.40. The molecule has 0 bridgehead atoms. The third kappa shape index (κ3) is 4.64. The first-order valence-electron chi connectivity index (χ1n) is 13.1. The van der Waals surface area contributed by atoms with E-state index < -0.39 is 5.41 Å². The number of fused-ring (bicyclic) bond motifs is 1. The minimum atomic E-state index is -0.478. The summed E-state index contributed by atoms with van der Waals surface area (Å²) in [6.45, 7) is 6.21. The topological polar surface area (TPSA) is 61.4 Å². The Morgan fingerprint density at radius 2 is 1.59 bits per heavy atom. The van der Waals surface area contributed by atoms with Gasteiger partial charge in [0.1, 0.15) is 5.82 Å². The first-order chi connectivity index (χ1) is 18.0. The Balaban J connectivity index is 1.45. The van der Waals surface area contributed by atoms with Crippen LogP contribution in [0.25, 0.3) is 22.3 Å². The zero-order chi connectivity index (χ0) is 26.0. The van der Waals surface area contributed by atoms with Crippen molar-refractivity contribution in [3.05, 3.63) is 84.4 Å². The zero-order valence-corrected chi connectivity index (χ0v) is 22.1. The second kappa shape index (κ2) is 10.2. The maximum atomic E-state index is 13.7. The first-order valence-corrected chi connectivity index (χ1v) is 13.1. The number of carbonyl (C=O) groups is 1. The lowest BCUT2D eigenvalue weighted by atomic mass is 9.91. The number of hydrogen-bond donors (Lipinski definition) is 1. The number of carbonyl (C=O) groups excluding carboxylic acids is 1. The Morgan fingerprint density at radius 1 is 0.919 bits per heavy atom. The molecule has 0 unspecified atom stereocenters. The molecule has 1 aliphatic carbocycles. The van der Waals surface area contributed by atoms with Gasteiger partial charge in [-0.2, -0.15) is 0 Å². The highest BCUT2D eigenvalue weighted by molar-refractivity contribution is 5.93. The maximum Gasteiger partial charge on any atom is 0.233 e. The van der Waals surface area contributed by atoms with Gasteiger partial charge in [0.2, 0.25) is 5.91 Å². The molecule has 1 heterocycles. The molecule has 5 rings (SSSR count). The third-order valence-corrected chi connectivity index (χ3v) is 7.59. The largest absolute Gasteiger partial charge is 0.378 e. The number of anilines is 2. The van der Waals surface area contributed by atoms with E-state index in [9.17, 15) is 4.79 Å². The Morgan fingerprint density at radius 3 is 2.27 bits per heavy atom. The van der Waals surface area contributed by atoms with Gasteiger partial charge in [0.05, 0.1) is 10.9 Å². The molecule has 6 nitrogen and oxygen atoms in total. The van der Waals surface area contributed by atoms with Gasteiger partial charge >= 0.3 is 0 Å². The predicted octanol–water partition coefficient (Wildman–Crippen LogP) is 5.60. The van der Waals surface area contributed by atoms with Crippen LogP contribution in [0, 0.1) is 5.92 Å². The fourth-order valence-corrected chi connectivity index (χ4v) is 5.31. The lowest BCUT2D eigenvalue weighted by Gasteiger charge is -2.26. The van der Waals surface area contributed by atoms with E-state index in [1.807, 2.05) is 55.4 Å². The van der Waals surface area contributed by atoms with Crippen LogP contribution in [0.15, 0.2) is 78.9 Å². The smallest absolute Gasteiger partial charge is 0.233 e. The average molecular weight is 494 g/mol. The van der Waals surface area contributed by atoms with E-state index in [0.29, 0.717) is 12.4 Å². The van der Waals surface area contributed by atoms with Gasteiger partial charge in [-0.05, 0) is 68.1 Å². The summed E-state index contributed by atoms with van der Waals surface area (Å²) in [4.78, 5) is 27.5. The van der Waals surface area contributed by atoms with Crippen molar-refractivity contribution in [1.29, 1.82) is 0 Å². The number of amides is 1. The fraction of sp³-hybridized carbons (Fsp3) is 0.323. The molecule has 1 amide bonds. The van der Waals surface area contributed by atoms with E-state index in [4.69, 9.17) is 9.97 Å². The van der Waals surface area contributed by atoms with Crippen molar-refractivity contribution in [2.45, 2.75) is 25.7 Å². The van der Waals surface area contributed by atoms with Crippen LogP contribution in [0.5, 0.6) is 0 Å². The van der Waals surface area contributed by atoms with Gasteiger partial charge in [0.15, 0.2) is 5.82 Å². The summed E-state index contributed by atoms with van der Waals surface area (Å²) in [6.07, 6.45) is 0.835. The van der Waals surface area contributed by atoms with Crippen molar-refractivity contribution < 1.29 is 4.79 Å². The highest BCUT2D eigenvalue weighted by Gasteiger charge is 2.61. The molecule has 0 spiro atoms. The van der Waals surface area contributed by atoms with Crippen molar-refractivity contribution in [1.82, 2.24) is 14.9 Å². The summed E-state index contributed by atoms with van der Waals surface area (Å²) in [5.41, 5.74) is 3.63. The third-order valence-electron chi connectivity index (χ3n) is 7.59. The predicted molar refractivity (Wildman–Crippen MR) is 152 cm³/mol. The summed E-state index contributed by atoms with van der Waals surface area (Å²) in [5, 5.41) is 4.60. The number of hydrogen-bond acceptors (Lipinski definition) is 5. The standard InChI is InChI=1S/C31H35N5O/c1-5-36(6-2)30(37)31(23-12-8-7-9-13-23)20-24(31)21-32-29-26-14-10-11-15-27(26)33-28(34-29)22-16-18-25(19-17-22)35(3)4/h7-19,24H,5-6,20-21H2,1-4H3,(H,32,33,34)/t24-,31+/m1/s1. The molecule has 1 aliphatic rings. The van der Waals surface area contributed by atoms with Crippen LogP contribution >= 0.6 is 0 Å². The van der Waals surface area contributed by atoms with E-state index in [1.54, 1.807) is 0 Å². The molecule has 3 aromatic carbocycles. The number of nitrogens with zero attached hydrogens (tertiary/aromatic N) is 4. The molecule has 4 aromatic rings. The number of likely N-dealkylation sites (N-methyl/N-ethyl adjacent to an activating group) is 1. The molecule has 1 saturated carbocycles. The molecule has 1 fully saturated rings. The molecule has 2 atom stereocenters. The monoisotopic (exact) mass is 493 g/mol. The highest BCUT2D eigenvalue weighted by Crippen LogP contribution is 2.55. The van der Waals surface area contributed by atoms with Crippen molar-refractivity contribution >= 4 is 28.3 Å². The molecule has 1 aromatic heterocycles. The molecule has 1 N–H and O–H groups in total. The van der Waals surface area contributed by atoms with E-state index in [-0.39, 0.29) is 11.8 Å². The zero-order valence-electron chi connectivity index (χ0n) is 22.1. The molecule has 190 valence electrons. The Kier molecular flexibility index (Phi) is 6.83. The Bertz CT molecular complexity index is 1380. The van der Waals surface area contributed by atoms with Crippen molar-refractivity contribution in [2.24, 2.45) is 5.92 Å². The van der Waals surface area contributed by atoms with Crippen LogP contribution in [0.4, 0.5) is 11.5 Å². The molecule has 0 aliphatic heterocycles.